The fourth-order valence-corrected chi connectivity index (χ4v) is 2.13. The normalized spacial score (nSPS) is 16.4. The van der Waals surface area contributed by atoms with Gasteiger partial charge in [0.05, 0.1) is 6.54 Å². The van der Waals surface area contributed by atoms with E-state index in [1.807, 2.05) is 5.38 Å². The zero-order valence-corrected chi connectivity index (χ0v) is 9.27. The molecule has 0 atom stereocenters. The third kappa shape index (κ3) is 2.94. The van der Waals surface area contributed by atoms with Crippen LogP contribution in [-0.4, -0.2) is 24.0 Å². The lowest BCUT2D eigenvalue weighted by Gasteiger charge is -2.11. The molecule has 80 valence electrons. The van der Waals surface area contributed by atoms with Gasteiger partial charge in [-0.2, -0.15) is 0 Å². The average Bonchev–Trinajstić information content (AvgIpc) is 2.80. The van der Waals surface area contributed by atoms with Crippen molar-refractivity contribution in [3.8, 4) is 0 Å². The van der Waals surface area contributed by atoms with Crippen LogP contribution in [0.4, 0.5) is 0 Å². The van der Waals surface area contributed by atoms with Gasteiger partial charge in [0.2, 0.25) is 0 Å². The first-order valence-electron chi connectivity index (χ1n) is 5.08. The predicted octanol–water partition coefficient (Wildman–Crippen LogP) is 0.717. The lowest BCUT2D eigenvalue weighted by atomic mass is 9.97. The number of nitrogens with one attached hydrogen (secondary N) is 2. The van der Waals surface area contributed by atoms with E-state index < -0.39 is 0 Å². The Morgan fingerprint density at radius 3 is 3.07 bits per heavy atom. The Balaban J connectivity index is 1.76. The summed E-state index contributed by atoms with van der Waals surface area (Å²) in [4.78, 5) is 15.8. The van der Waals surface area contributed by atoms with Crippen LogP contribution in [0.25, 0.3) is 0 Å². The Hall–Kier alpha value is -1.07. The summed E-state index contributed by atoms with van der Waals surface area (Å²) in [7, 11) is 0. The number of amides is 1. The van der Waals surface area contributed by atoms with Crippen LogP contribution in [0, 0.1) is 5.92 Å². The zero-order chi connectivity index (χ0) is 10.5. The monoisotopic (exact) mass is 224 g/mol. The summed E-state index contributed by atoms with van der Waals surface area (Å²) >= 11 is 1.56. The van der Waals surface area contributed by atoms with Crippen molar-refractivity contribution >= 4 is 17.2 Å². The summed E-state index contributed by atoms with van der Waals surface area (Å²) in [5, 5.41) is 9.00. The molecule has 0 radical (unpaired) electrons. The maximum atomic E-state index is 11.7. The van der Waals surface area contributed by atoms with Crippen molar-refractivity contribution in [3.63, 3.8) is 0 Å². The standard InChI is InChI=1S/C10H13N3OS/c14-10(8-1-3-11-4-2-8)13-7-9-12-5-6-15-9/h5-6,11H,1-4,7H2/p+1. The summed E-state index contributed by atoms with van der Waals surface area (Å²) < 4.78 is 0. The van der Waals surface area contributed by atoms with Crippen molar-refractivity contribution in [2.24, 2.45) is 0 Å². The number of thiazole rings is 1. The molecule has 4 nitrogen and oxygen atoms in total. The van der Waals surface area contributed by atoms with Gasteiger partial charge in [0, 0.05) is 24.7 Å². The Bertz CT molecular complexity index is 306. The van der Waals surface area contributed by atoms with E-state index in [1.54, 1.807) is 17.5 Å². The van der Waals surface area contributed by atoms with Crippen LogP contribution in [-0.2, 0) is 11.3 Å². The number of carbonyl (C=O) groups is 1. The SMILES string of the molecule is O=C(NCc1nccs1)[C+]1CCNCC1. The minimum atomic E-state index is 0.0895. The second-order valence-electron chi connectivity index (χ2n) is 3.46. The van der Waals surface area contributed by atoms with E-state index in [0.717, 1.165) is 36.9 Å². The fraction of sp³-hybridized carbons (Fsp3) is 0.500. The van der Waals surface area contributed by atoms with E-state index >= 15 is 0 Å². The quantitative estimate of drug-likeness (QED) is 0.744. The summed E-state index contributed by atoms with van der Waals surface area (Å²) in [5.41, 5.74) is 0. The minimum absolute atomic E-state index is 0.0895. The first-order valence-corrected chi connectivity index (χ1v) is 5.96. The Labute approximate surface area is 93.1 Å². The number of rotatable bonds is 3. The van der Waals surface area contributed by atoms with Crippen molar-refractivity contribution in [2.75, 3.05) is 13.1 Å². The summed E-state index contributed by atoms with van der Waals surface area (Å²) in [6.45, 7) is 2.38. The third-order valence-corrected chi connectivity index (χ3v) is 3.19. The summed E-state index contributed by atoms with van der Waals surface area (Å²) in [6.07, 6.45) is 3.48. The van der Waals surface area contributed by atoms with Gasteiger partial charge in [0.1, 0.15) is 17.8 Å². The molecule has 1 saturated heterocycles. The second kappa shape index (κ2) is 5.14. The number of hydrogen-bond acceptors (Lipinski definition) is 4. The minimum Gasteiger partial charge on any atom is -0.309 e. The van der Waals surface area contributed by atoms with E-state index in [9.17, 15) is 4.79 Å². The van der Waals surface area contributed by atoms with Gasteiger partial charge < -0.3 is 10.6 Å². The van der Waals surface area contributed by atoms with Crippen molar-refractivity contribution in [3.05, 3.63) is 22.5 Å². The van der Waals surface area contributed by atoms with E-state index in [4.69, 9.17) is 0 Å². The van der Waals surface area contributed by atoms with Gasteiger partial charge >= 0.3 is 5.91 Å². The van der Waals surface area contributed by atoms with Gasteiger partial charge in [-0.25, -0.2) is 9.78 Å². The molecule has 2 heterocycles. The molecule has 2 rings (SSSR count). The summed E-state index contributed by atoms with van der Waals surface area (Å²) in [5.74, 6) is 1.09. The van der Waals surface area contributed by atoms with Crippen LogP contribution in [0.2, 0.25) is 0 Å². The van der Waals surface area contributed by atoms with Gasteiger partial charge in [-0.05, 0) is 0 Å². The molecule has 0 bridgehead atoms. The molecule has 1 aromatic rings. The van der Waals surface area contributed by atoms with Crippen LogP contribution in [0.5, 0.6) is 0 Å². The van der Waals surface area contributed by atoms with Gasteiger partial charge in [0.15, 0.2) is 5.92 Å². The predicted molar refractivity (Wildman–Crippen MR) is 59.3 cm³/mol. The number of carbonyl (C=O) groups excluding carboxylic acids is 1. The molecule has 1 amide bonds. The highest BCUT2D eigenvalue weighted by molar-refractivity contribution is 7.09. The van der Waals surface area contributed by atoms with E-state index in [1.165, 1.54) is 0 Å². The molecule has 0 aromatic carbocycles. The van der Waals surface area contributed by atoms with Crippen molar-refractivity contribution in [2.45, 2.75) is 19.4 Å². The van der Waals surface area contributed by atoms with Crippen molar-refractivity contribution in [1.82, 2.24) is 15.6 Å². The molecule has 2 N–H and O–H groups in total. The third-order valence-electron chi connectivity index (χ3n) is 2.41. The zero-order valence-electron chi connectivity index (χ0n) is 8.45. The summed E-state index contributed by atoms with van der Waals surface area (Å²) in [6, 6.07) is 0. The van der Waals surface area contributed by atoms with E-state index in [2.05, 4.69) is 15.6 Å². The Morgan fingerprint density at radius 2 is 2.40 bits per heavy atom. The molecule has 1 fully saturated rings. The van der Waals surface area contributed by atoms with E-state index in [-0.39, 0.29) is 5.91 Å². The van der Waals surface area contributed by atoms with Crippen LogP contribution < -0.4 is 10.6 Å². The average molecular weight is 224 g/mol. The van der Waals surface area contributed by atoms with Crippen LogP contribution in [0.1, 0.15) is 17.8 Å². The molecule has 0 spiro atoms. The van der Waals surface area contributed by atoms with Gasteiger partial charge in [0.25, 0.3) is 0 Å². The van der Waals surface area contributed by atoms with Gasteiger partial charge in [-0.1, -0.05) is 0 Å². The molecule has 1 aromatic heterocycles. The topological polar surface area (TPSA) is 54.0 Å². The van der Waals surface area contributed by atoms with Gasteiger partial charge in [-0.3, -0.25) is 0 Å². The highest BCUT2D eigenvalue weighted by Gasteiger charge is 2.32. The Kier molecular flexibility index (Phi) is 3.58. The van der Waals surface area contributed by atoms with Crippen LogP contribution in [0.3, 0.4) is 0 Å². The molecule has 5 heteroatoms. The number of aromatic nitrogens is 1. The Morgan fingerprint density at radius 1 is 1.60 bits per heavy atom. The highest BCUT2D eigenvalue weighted by Crippen LogP contribution is 2.14. The van der Waals surface area contributed by atoms with Crippen LogP contribution >= 0.6 is 11.3 Å². The maximum absolute atomic E-state index is 11.7. The first-order chi connectivity index (χ1) is 7.36. The van der Waals surface area contributed by atoms with Crippen molar-refractivity contribution in [1.29, 1.82) is 0 Å². The van der Waals surface area contributed by atoms with E-state index in [0.29, 0.717) is 6.54 Å². The van der Waals surface area contributed by atoms with Gasteiger partial charge in [-0.15, -0.1) is 11.3 Å². The number of nitrogens with zero attached hydrogens (tertiary/aromatic N) is 1. The lowest BCUT2D eigenvalue weighted by molar-refractivity contribution is -0.120. The number of hydrogen-bond donors (Lipinski definition) is 2. The largest absolute Gasteiger partial charge is 0.404 e. The molecule has 1 aliphatic rings. The molecule has 1 aliphatic heterocycles. The second-order valence-corrected chi connectivity index (χ2v) is 4.44. The van der Waals surface area contributed by atoms with Crippen molar-refractivity contribution < 1.29 is 4.79 Å². The molecule has 0 aliphatic carbocycles. The first kappa shape index (κ1) is 10.4. The fourth-order valence-electron chi connectivity index (χ4n) is 1.58. The molecular weight excluding hydrogens is 210 g/mol. The maximum Gasteiger partial charge on any atom is 0.404 e. The highest BCUT2D eigenvalue weighted by atomic mass is 32.1. The smallest absolute Gasteiger partial charge is 0.309 e. The molecule has 0 saturated carbocycles. The molecule has 15 heavy (non-hydrogen) atoms. The number of piperidine rings is 1. The molecular formula is C10H14N3OS+. The van der Waals surface area contributed by atoms with Crippen LogP contribution in [0.15, 0.2) is 11.6 Å². The molecule has 0 unspecified atom stereocenters. The lowest BCUT2D eigenvalue weighted by Crippen LogP contribution is -2.36.